The van der Waals surface area contributed by atoms with Gasteiger partial charge in [-0.2, -0.15) is 0 Å². The molecule has 0 amide bonds. The van der Waals surface area contributed by atoms with Gasteiger partial charge in [0.25, 0.3) is 0 Å². The monoisotopic (exact) mass is 351 g/mol. The summed E-state index contributed by atoms with van der Waals surface area (Å²) in [4.78, 5) is 2.35. The Morgan fingerprint density at radius 2 is 1.77 bits per heavy atom. The van der Waals surface area contributed by atoms with Crippen molar-refractivity contribution in [2.75, 3.05) is 20.6 Å². The molecule has 2 aromatic carbocycles. The molecule has 0 aromatic heterocycles. The fourth-order valence-corrected chi connectivity index (χ4v) is 5.42. The van der Waals surface area contributed by atoms with Gasteiger partial charge >= 0.3 is 0 Å². The summed E-state index contributed by atoms with van der Waals surface area (Å²) < 4.78 is 29.3. The third-order valence-corrected chi connectivity index (χ3v) is 6.56. The van der Waals surface area contributed by atoms with Crippen LogP contribution in [-0.4, -0.2) is 31.6 Å². The first-order valence-corrected chi connectivity index (χ1v) is 8.99. The van der Waals surface area contributed by atoms with E-state index in [1.165, 1.54) is 16.7 Å². The number of fused-ring (bicyclic) bond motifs is 7. The summed E-state index contributed by atoms with van der Waals surface area (Å²) in [6.45, 7) is 0.577. The quantitative estimate of drug-likeness (QED) is 0.727. The van der Waals surface area contributed by atoms with Crippen molar-refractivity contribution in [3.63, 3.8) is 0 Å². The predicted molar refractivity (Wildman–Crippen MR) is 89.6 cm³/mol. The van der Waals surface area contributed by atoms with Gasteiger partial charge in [0, 0.05) is 18.0 Å². The summed E-state index contributed by atoms with van der Waals surface area (Å²) in [6, 6.07) is 8.74. The molecule has 3 atom stereocenters. The minimum atomic E-state index is -0.337. The molecule has 5 aliphatic rings. The maximum absolute atomic E-state index is 6.75. The number of rotatable bonds is 0. The molecule has 0 saturated carbocycles. The number of hydrogen-bond acceptors (Lipinski definition) is 6. The molecule has 6 heteroatoms. The van der Waals surface area contributed by atoms with E-state index in [-0.39, 0.29) is 24.7 Å². The highest BCUT2D eigenvalue weighted by molar-refractivity contribution is 5.59. The van der Waals surface area contributed by atoms with E-state index in [9.17, 15) is 0 Å². The summed E-state index contributed by atoms with van der Waals surface area (Å²) in [7, 11) is 2.15. The lowest BCUT2D eigenvalue weighted by Crippen LogP contribution is -2.39. The van der Waals surface area contributed by atoms with Gasteiger partial charge in [-0.3, -0.25) is 4.90 Å². The van der Waals surface area contributed by atoms with Crippen molar-refractivity contribution in [3.05, 3.63) is 46.5 Å². The molecule has 1 aliphatic carbocycles. The molecule has 1 spiro atoms. The summed E-state index contributed by atoms with van der Waals surface area (Å²) in [5.74, 6) is 3.33. The van der Waals surface area contributed by atoms with E-state index >= 15 is 0 Å². The van der Waals surface area contributed by atoms with Crippen LogP contribution >= 0.6 is 0 Å². The summed E-state index contributed by atoms with van der Waals surface area (Å²) in [6.07, 6.45) is 1.67. The van der Waals surface area contributed by atoms with E-state index in [0.717, 1.165) is 41.4 Å². The van der Waals surface area contributed by atoms with Crippen LogP contribution in [0.3, 0.4) is 0 Å². The first-order chi connectivity index (χ1) is 12.7. The molecule has 0 radical (unpaired) electrons. The zero-order valence-corrected chi connectivity index (χ0v) is 14.3. The van der Waals surface area contributed by atoms with Crippen molar-refractivity contribution in [1.29, 1.82) is 0 Å². The molecule has 6 nitrogen and oxygen atoms in total. The first kappa shape index (κ1) is 13.7. The lowest BCUT2D eigenvalue weighted by atomic mass is 9.83. The number of hydrogen-bond donors (Lipinski definition) is 0. The molecular formula is C20H17NO5. The largest absolute Gasteiger partial charge is 0.454 e. The molecule has 132 valence electrons. The van der Waals surface area contributed by atoms with Gasteiger partial charge in [-0.05, 0) is 48.4 Å². The Hall–Kier alpha value is -2.44. The van der Waals surface area contributed by atoms with Crippen molar-refractivity contribution in [2.45, 2.75) is 30.7 Å². The normalized spacial score (nSPS) is 31.7. The van der Waals surface area contributed by atoms with E-state index in [1.807, 2.05) is 6.07 Å². The van der Waals surface area contributed by atoms with Crippen molar-refractivity contribution < 1.29 is 23.7 Å². The maximum atomic E-state index is 6.75. The van der Waals surface area contributed by atoms with Crippen molar-refractivity contribution in [3.8, 4) is 23.0 Å². The minimum Gasteiger partial charge on any atom is -0.454 e. The van der Waals surface area contributed by atoms with Gasteiger partial charge in [-0.25, -0.2) is 0 Å². The topological polar surface area (TPSA) is 49.4 Å². The van der Waals surface area contributed by atoms with E-state index in [1.54, 1.807) is 0 Å². The third kappa shape index (κ3) is 1.40. The highest BCUT2D eigenvalue weighted by Gasteiger charge is 2.61. The Bertz CT molecular complexity index is 989. The van der Waals surface area contributed by atoms with Crippen molar-refractivity contribution in [1.82, 2.24) is 4.90 Å². The molecule has 2 aromatic rings. The Balaban J connectivity index is 1.44. The van der Waals surface area contributed by atoms with Crippen LogP contribution in [0.5, 0.6) is 23.0 Å². The molecule has 0 N–H and O–H groups in total. The lowest BCUT2D eigenvalue weighted by molar-refractivity contribution is -0.0742. The zero-order valence-electron chi connectivity index (χ0n) is 14.3. The SMILES string of the molecule is CN1C2Cc3cc4c(cc3C23Cc2ccc5c(c2[C@H]1O3)OCO5)OCO4. The molecule has 26 heavy (non-hydrogen) atoms. The molecular weight excluding hydrogens is 334 g/mol. The van der Waals surface area contributed by atoms with Crippen LogP contribution in [0, 0.1) is 0 Å². The molecule has 1 fully saturated rings. The van der Waals surface area contributed by atoms with Crippen LogP contribution in [0.4, 0.5) is 0 Å². The Morgan fingerprint density at radius 1 is 0.962 bits per heavy atom. The van der Waals surface area contributed by atoms with Crippen LogP contribution in [0.15, 0.2) is 24.3 Å². The van der Waals surface area contributed by atoms with Crippen LogP contribution in [0.1, 0.15) is 28.5 Å². The van der Waals surface area contributed by atoms with Gasteiger partial charge in [0.1, 0.15) is 11.8 Å². The third-order valence-electron chi connectivity index (χ3n) is 6.56. The number of nitrogens with zero attached hydrogens (tertiary/aromatic N) is 1. The number of ether oxygens (including phenoxy) is 5. The second kappa shape index (κ2) is 4.27. The Kier molecular flexibility index (Phi) is 2.25. The molecule has 4 aliphatic heterocycles. The first-order valence-electron chi connectivity index (χ1n) is 8.99. The summed E-state index contributed by atoms with van der Waals surface area (Å²) in [5.41, 5.74) is 4.62. The highest BCUT2D eigenvalue weighted by atomic mass is 16.7. The van der Waals surface area contributed by atoms with Gasteiger partial charge in [-0.15, -0.1) is 0 Å². The average molecular weight is 351 g/mol. The van der Waals surface area contributed by atoms with Gasteiger partial charge in [-0.1, -0.05) is 6.07 Å². The lowest BCUT2D eigenvalue weighted by Gasteiger charge is -2.34. The standard InChI is InChI=1S/C20H17NO5/c1-21-16-5-11-4-14-15(24-8-23-14)6-12(11)20(16)7-10-2-3-13-18(25-9-22-13)17(10)19(21)26-20/h2-4,6,16,19H,5,7-9H2,1H3/t16?,19-,20?/m1/s1. The van der Waals surface area contributed by atoms with Crippen LogP contribution in [0.2, 0.25) is 0 Å². The average Bonchev–Trinajstić information content (AvgIpc) is 3.39. The second-order valence-corrected chi connectivity index (χ2v) is 7.66. The van der Waals surface area contributed by atoms with Gasteiger partial charge in [0.05, 0.1) is 0 Å². The zero-order chi connectivity index (χ0) is 17.0. The van der Waals surface area contributed by atoms with Crippen LogP contribution in [-0.2, 0) is 23.2 Å². The van der Waals surface area contributed by atoms with E-state index in [0.29, 0.717) is 6.79 Å². The fourth-order valence-electron chi connectivity index (χ4n) is 5.42. The van der Waals surface area contributed by atoms with Crippen LogP contribution < -0.4 is 18.9 Å². The maximum Gasteiger partial charge on any atom is 0.231 e. The smallest absolute Gasteiger partial charge is 0.231 e. The molecule has 4 heterocycles. The molecule has 2 bridgehead atoms. The van der Waals surface area contributed by atoms with Gasteiger partial charge < -0.3 is 23.7 Å². The van der Waals surface area contributed by atoms with Gasteiger partial charge in [0.15, 0.2) is 23.0 Å². The van der Waals surface area contributed by atoms with Crippen LogP contribution in [0.25, 0.3) is 0 Å². The molecule has 1 saturated heterocycles. The van der Waals surface area contributed by atoms with Crippen molar-refractivity contribution in [2.24, 2.45) is 0 Å². The second-order valence-electron chi connectivity index (χ2n) is 7.66. The molecule has 2 unspecified atom stereocenters. The Morgan fingerprint density at radius 3 is 2.69 bits per heavy atom. The van der Waals surface area contributed by atoms with Gasteiger partial charge in [0.2, 0.25) is 13.6 Å². The molecule has 7 rings (SSSR count). The fraction of sp³-hybridized carbons (Fsp3) is 0.400. The summed E-state index contributed by atoms with van der Waals surface area (Å²) in [5, 5.41) is 0. The highest BCUT2D eigenvalue weighted by Crippen LogP contribution is 2.61. The van der Waals surface area contributed by atoms with E-state index in [2.05, 4.69) is 30.1 Å². The number of benzene rings is 2. The van der Waals surface area contributed by atoms with Crippen molar-refractivity contribution >= 4 is 0 Å². The minimum absolute atomic E-state index is 0.112. The predicted octanol–water partition coefficient (Wildman–Crippen LogP) is 2.48. The Labute approximate surface area is 150 Å². The summed E-state index contributed by atoms with van der Waals surface area (Å²) >= 11 is 0. The van der Waals surface area contributed by atoms with E-state index in [4.69, 9.17) is 23.7 Å². The number of likely N-dealkylation sites (N-methyl/N-ethyl adjacent to an activating group) is 1. The van der Waals surface area contributed by atoms with E-state index < -0.39 is 0 Å².